The van der Waals surface area contributed by atoms with Crippen LogP contribution in [-0.2, 0) is 42.6 Å². The SMILES string of the molecule is CCCCOCCOCCOCCOCCOCCOCCOCCOCCOCCF. The molecule has 0 amide bonds. The van der Waals surface area contributed by atoms with E-state index in [4.69, 9.17) is 42.6 Å². The molecule has 0 aliphatic heterocycles. The van der Waals surface area contributed by atoms with Gasteiger partial charge in [-0.15, -0.1) is 0 Å². The van der Waals surface area contributed by atoms with Crippen LogP contribution in [0.5, 0.6) is 0 Å². The van der Waals surface area contributed by atoms with Crippen molar-refractivity contribution in [3.63, 3.8) is 0 Å². The third-order valence-electron chi connectivity index (χ3n) is 3.84. The lowest BCUT2D eigenvalue weighted by atomic mass is 10.4. The molecule has 0 saturated heterocycles. The number of hydrogen-bond acceptors (Lipinski definition) is 9. The summed E-state index contributed by atoms with van der Waals surface area (Å²) in [6.45, 7) is 10.9. The van der Waals surface area contributed by atoms with Crippen LogP contribution in [0.3, 0.4) is 0 Å². The molecule has 10 heteroatoms. The Balaban J connectivity index is 2.98. The van der Waals surface area contributed by atoms with Gasteiger partial charge >= 0.3 is 0 Å². The highest BCUT2D eigenvalue weighted by atomic mass is 19.1. The van der Waals surface area contributed by atoms with Crippen LogP contribution in [0.25, 0.3) is 0 Å². The predicted molar refractivity (Wildman–Crippen MR) is 118 cm³/mol. The van der Waals surface area contributed by atoms with E-state index < -0.39 is 6.67 Å². The molecule has 0 rings (SSSR count). The van der Waals surface area contributed by atoms with Crippen LogP contribution < -0.4 is 0 Å². The van der Waals surface area contributed by atoms with E-state index >= 15 is 0 Å². The second kappa shape index (κ2) is 30.6. The van der Waals surface area contributed by atoms with E-state index in [0.717, 1.165) is 19.4 Å². The van der Waals surface area contributed by atoms with Gasteiger partial charge < -0.3 is 42.6 Å². The summed E-state index contributed by atoms with van der Waals surface area (Å²) >= 11 is 0. The number of hydrogen-bond donors (Lipinski definition) is 0. The third-order valence-corrected chi connectivity index (χ3v) is 3.84. The van der Waals surface area contributed by atoms with Crippen molar-refractivity contribution in [2.24, 2.45) is 0 Å². The van der Waals surface area contributed by atoms with E-state index in [1.165, 1.54) is 0 Å². The zero-order valence-corrected chi connectivity index (χ0v) is 19.9. The number of alkyl halides is 1. The van der Waals surface area contributed by atoms with E-state index in [0.29, 0.717) is 106 Å². The van der Waals surface area contributed by atoms with Crippen molar-refractivity contribution in [2.45, 2.75) is 19.8 Å². The highest BCUT2D eigenvalue weighted by Gasteiger charge is 1.95. The average molecular weight is 473 g/mol. The quantitative estimate of drug-likeness (QED) is 0.152. The van der Waals surface area contributed by atoms with Gasteiger partial charge in [0.1, 0.15) is 6.67 Å². The van der Waals surface area contributed by atoms with E-state index in [9.17, 15) is 4.39 Å². The van der Waals surface area contributed by atoms with Gasteiger partial charge in [0.2, 0.25) is 0 Å². The molecule has 0 aromatic carbocycles. The highest BCUT2D eigenvalue weighted by molar-refractivity contribution is 4.38. The van der Waals surface area contributed by atoms with Crippen molar-refractivity contribution in [3.8, 4) is 0 Å². The summed E-state index contributed by atoms with van der Waals surface area (Å²) in [5.74, 6) is 0. The van der Waals surface area contributed by atoms with Gasteiger partial charge in [0, 0.05) is 6.61 Å². The standard InChI is InChI=1S/C22H45FO9/c1-2-3-5-24-7-9-26-11-13-28-15-17-30-19-21-32-22-20-31-18-16-29-14-12-27-10-8-25-6-4-23/h2-22H2,1H3. The summed E-state index contributed by atoms with van der Waals surface area (Å²) in [4.78, 5) is 0. The molecule has 0 spiro atoms. The summed E-state index contributed by atoms with van der Waals surface area (Å²) in [6, 6.07) is 0. The fraction of sp³-hybridized carbons (Fsp3) is 1.00. The summed E-state index contributed by atoms with van der Waals surface area (Å²) in [5.41, 5.74) is 0. The Morgan fingerprint density at radius 3 is 0.781 bits per heavy atom. The molecule has 0 N–H and O–H groups in total. The van der Waals surface area contributed by atoms with Crippen molar-refractivity contribution in [1.82, 2.24) is 0 Å². The van der Waals surface area contributed by atoms with Gasteiger partial charge in [-0.2, -0.15) is 0 Å². The number of rotatable bonds is 29. The van der Waals surface area contributed by atoms with Crippen molar-refractivity contribution in [2.75, 3.05) is 126 Å². The summed E-state index contributed by atoms with van der Waals surface area (Å²) < 4.78 is 59.8. The molecule has 0 aliphatic carbocycles. The highest BCUT2D eigenvalue weighted by Crippen LogP contribution is 1.88. The Morgan fingerprint density at radius 2 is 0.562 bits per heavy atom. The van der Waals surface area contributed by atoms with Crippen LogP contribution in [-0.4, -0.2) is 126 Å². The minimum absolute atomic E-state index is 0.121. The molecule has 0 aromatic rings. The summed E-state index contributed by atoms with van der Waals surface area (Å²) in [5, 5.41) is 0. The maximum atomic E-state index is 11.8. The monoisotopic (exact) mass is 472 g/mol. The smallest absolute Gasteiger partial charge is 0.113 e. The lowest BCUT2D eigenvalue weighted by Crippen LogP contribution is -2.15. The maximum Gasteiger partial charge on any atom is 0.113 e. The molecule has 0 bridgehead atoms. The fourth-order valence-corrected chi connectivity index (χ4v) is 2.16. The van der Waals surface area contributed by atoms with Crippen molar-refractivity contribution >= 4 is 0 Å². The molecule has 0 atom stereocenters. The fourth-order valence-electron chi connectivity index (χ4n) is 2.16. The molecule has 0 heterocycles. The largest absolute Gasteiger partial charge is 0.379 e. The zero-order valence-electron chi connectivity index (χ0n) is 19.9. The van der Waals surface area contributed by atoms with Gasteiger partial charge in [0.25, 0.3) is 0 Å². The molecule has 0 unspecified atom stereocenters. The minimum atomic E-state index is -0.468. The second-order valence-electron chi connectivity index (χ2n) is 6.55. The number of halogens is 1. The molecule has 0 fully saturated rings. The summed E-state index contributed by atoms with van der Waals surface area (Å²) in [6.07, 6.45) is 2.24. The molecule has 0 saturated carbocycles. The van der Waals surface area contributed by atoms with Crippen LogP contribution in [0, 0.1) is 0 Å². The van der Waals surface area contributed by atoms with Gasteiger partial charge in [0.05, 0.1) is 112 Å². The molecule has 0 radical (unpaired) electrons. The zero-order chi connectivity index (χ0) is 23.2. The first kappa shape index (κ1) is 31.6. The normalized spacial score (nSPS) is 11.4. The number of unbranched alkanes of at least 4 members (excludes halogenated alkanes) is 1. The van der Waals surface area contributed by atoms with Gasteiger partial charge in [-0.25, -0.2) is 4.39 Å². The molecule has 32 heavy (non-hydrogen) atoms. The minimum Gasteiger partial charge on any atom is -0.379 e. The van der Waals surface area contributed by atoms with Crippen LogP contribution in [0.15, 0.2) is 0 Å². The predicted octanol–water partition coefficient (Wildman–Crippen LogP) is 1.91. The Hall–Kier alpha value is -0.430. The lowest BCUT2D eigenvalue weighted by Gasteiger charge is -2.08. The van der Waals surface area contributed by atoms with Crippen molar-refractivity contribution in [3.05, 3.63) is 0 Å². The van der Waals surface area contributed by atoms with Gasteiger partial charge in [-0.05, 0) is 6.42 Å². The molecule has 0 aliphatic rings. The van der Waals surface area contributed by atoms with Gasteiger partial charge in [-0.3, -0.25) is 0 Å². The Kier molecular flexibility index (Phi) is 30.2. The maximum absolute atomic E-state index is 11.8. The third kappa shape index (κ3) is 29.6. The number of ether oxygens (including phenoxy) is 9. The van der Waals surface area contributed by atoms with E-state index in [2.05, 4.69) is 6.92 Å². The Morgan fingerprint density at radius 1 is 0.344 bits per heavy atom. The molecular weight excluding hydrogens is 427 g/mol. The average Bonchev–Trinajstić information content (AvgIpc) is 2.81. The van der Waals surface area contributed by atoms with Crippen LogP contribution in [0.1, 0.15) is 19.8 Å². The van der Waals surface area contributed by atoms with Crippen LogP contribution in [0.4, 0.5) is 4.39 Å². The molecule has 0 aromatic heterocycles. The molecule has 9 nitrogen and oxygen atoms in total. The Labute approximate surface area is 193 Å². The van der Waals surface area contributed by atoms with Crippen LogP contribution in [0.2, 0.25) is 0 Å². The Bertz CT molecular complexity index is 298. The van der Waals surface area contributed by atoms with Crippen molar-refractivity contribution < 1.29 is 47.0 Å². The molecular formula is C22H45FO9. The first-order valence-electron chi connectivity index (χ1n) is 11.7. The molecule has 194 valence electrons. The van der Waals surface area contributed by atoms with Crippen LogP contribution >= 0.6 is 0 Å². The topological polar surface area (TPSA) is 83.1 Å². The lowest BCUT2D eigenvalue weighted by molar-refractivity contribution is -0.0251. The van der Waals surface area contributed by atoms with Gasteiger partial charge in [0.15, 0.2) is 0 Å². The van der Waals surface area contributed by atoms with E-state index in [1.807, 2.05) is 0 Å². The van der Waals surface area contributed by atoms with E-state index in [-0.39, 0.29) is 6.61 Å². The first-order chi connectivity index (χ1) is 15.9. The van der Waals surface area contributed by atoms with Gasteiger partial charge in [-0.1, -0.05) is 13.3 Å². The first-order valence-corrected chi connectivity index (χ1v) is 11.7. The van der Waals surface area contributed by atoms with E-state index in [1.54, 1.807) is 0 Å². The summed E-state index contributed by atoms with van der Waals surface area (Å²) in [7, 11) is 0. The second-order valence-corrected chi connectivity index (χ2v) is 6.55. The van der Waals surface area contributed by atoms with Crippen molar-refractivity contribution in [1.29, 1.82) is 0 Å².